The van der Waals surface area contributed by atoms with E-state index in [1.54, 1.807) is 59.4 Å². The third-order valence-corrected chi connectivity index (χ3v) is 5.92. The van der Waals surface area contributed by atoms with Crippen molar-refractivity contribution in [2.24, 2.45) is 0 Å². The first-order valence-corrected chi connectivity index (χ1v) is 10.9. The van der Waals surface area contributed by atoms with Crippen molar-refractivity contribution < 1.29 is 22.8 Å². The Kier molecular flexibility index (Phi) is 5.50. The molecule has 0 bridgehead atoms. The molecule has 2 amide bonds. The third kappa shape index (κ3) is 4.23. The first-order valence-electron chi connectivity index (χ1n) is 10.9. The van der Waals surface area contributed by atoms with Crippen LogP contribution in [0.4, 0.5) is 18.9 Å². The molecule has 1 fully saturated rings. The van der Waals surface area contributed by atoms with Crippen LogP contribution in [-0.4, -0.2) is 38.5 Å². The van der Waals surface area contributed by atoms with E-state index in [1.165, 1.54) is 23.2 Å². The molecule has 0 unspecified atom stereocenters. The Morgan fingerprint density at radius 2 is 1.77 bits per heavy atom. The van der Waals surface area contributed by atoms with Crippen molar-refractivity contribution in [2.75, 3.05) is 4.90 Å². The van der Waals surface area contributed by atoms with Crippen LogP contribution in [-0.2, 0) is 9.59 Å². The van der Waals surface area contributed by atoms with Crippen molar-refractivity contribution in [1.29, 1.82) is 0 Å². The number of hydrogen-bond acceptors (Lipinski definition) is 4. The SMILES string of the molecule is CC(F)(F)C(=O)N[C@@H]1CC(=O)N(c2cnc3c(cnn3-c3ccc(F)cc3)c2)[C@H]1c1ccccc1. The first kappa shape index (κ1) is 22.6. The van der Waals surface area contributed by atoms with Gasteiger partial charge in [-0.15, -0.1) is 0 Å². The van der Waals surface area contributed by atoms with E-state index >= 15 is 0 Å². The maximum atomic E-state index is 13.6. The van der Waals surface area contributed by atoms with Crippen molar-refractivity contribution in [2.45, 2.75) is 31.4 Å². The number of fused-ring (bicyclic) bond motifs is 1. The van der Waals surface area contributed by atoms with Crippen molar-refractivity contribution in [3.05, 3.63) is 84.4 Å². The minimum atomic E-state index is -3.58. The van der Waals surface area contributed by atoms with E-state index in [0.29, 0.717) is 34.9 Å². The number of aromatic nitrogens is 3. The summed E-state index contributed by atoms with van der Waals surface area (Å²) in [6.45, 7) is 0.519. The summed E-state index contributed by atoms with van der Waals surface area (Å²) in [7, 11) is 0. The Hall–Kier alpha value is -4.21. The lowest BCUT2D eigenvalue weighted by Crippen LogP contribution is -2.46. The number of nitrogens with zero attached hydrogens (tertiary/aromatic N) is 4. The van der Waals surface area contributed by atoms with Gasteiger partial charge in [0.1, 0.15) is 5.82 Å². The lowest BCUT2D eigenvalue weighted by Gasteiger charge is -2.29. The van der Waals surface area contributed by atoms with Gasteiger partial charge in [0.15, 0.2) is 5.65 Å². The van der Waals surface area contributed by atoms with Crippen LogP contribution < -0.4 is 10.2 Å². The van der Waals surface area contributed by atoms with Gasteiger partial charge in [0.05, 0.1) is 35.9 Å². The van der Waals surface area contributed by atoms with Gasteiger partial charge in [-0.2, -0.15) is 13.9 Å². The summed E-state index contributed by atoms with van der Waals surface area (Å²) in [6, 6.07) is 14.8. The second kappa shape index (κ2) is 8.53. The molecule has 5 rings (SSSR count). The van der Waals surface area contributed by atoms with E-state index in [-0.39, 0.29) is 18.1 Å². The largest absolute Gasteiger partial charge is 0.345 e. The topological polar surface area (TPSA) is 80.1 Å². The number of halogens is 3. The van der Waals surface area contributed by atoms with Gasteiger partial charge in [-0.25, -0.2) is 14.1 Å². The molecular formula is C25H20F3N5O2. The molecule has 178 valence electrons. The molecule has 2 aromatic carbocycles. The normalized spacial score (nSPS) is 18.3. The quantitative estimate of drug-likeness (QED) is 0.466. The summed E-state index contributed by atoms with van der Waals surface area (Å²) in [4.78, 5) is 31.1. The highest BCUT2D eigenvalue weighted by Crippen LogP contribution is 2.38. The highest BCUT2D eigenvalue weighted by atomic mass is 19.3. The molecule has 1 N–H and O–H groups in total. The monoisotopic (exact) mass is 479 g/mol. The fourth-order valence-electron chi connectivity index (χ4n) is 4.31. The van der Waals surface area contributed by atoms with Crippen molar-refractivity contribution in [3.8, 4) is 5.69 Å². The number of carbonyl (C=O) groups excluding carboxylic acids is 2. The van der Waals surface area contributed by atoms with E-state index in [0.717, 1.165) is 0 Å². The zero-order valence-electron chi connectivity index (χ0n) is 18.5. The molecule has 1 aliphatic heterocycles. The third-order valence-electron chi connectivity index (χ3n) is 5.92. The van der Waals surface area contributed by atoms with Crippen LogP contribution in [0.3, 0.4) is 0 Å². The van der Waals surface area contributed by atoms with Gasteiger partial charge in [0, 0.05) is 18.7 Å². The van der Waals surface area contributed by atoms with E-state index in [2.05, 4.69) is 15.4 Å². The number of amides is 2. The van der Waals surface area contributed by atoms with Crippen LogP contribution in [0.5, 0.6) is 0 Å². The number of hydrogen-bond donors (Lipinski definition) is 1. The number of anilines is 1. The number of rotatable bonds is 5. The Balaban J connectivity index is 1.53. The predicted molar refractivity (Wildman–Crippen MR) is 123 cm³/mol. The summed E-state index contributed by atoms with van der Waals surface area (Å²) < 4.78 is 42.1. The molecular weight excluding hydrogens is 459 g/mol. The lowest BCUT2D eigenvalue weighted by molar-refractivity contribution is -0.143. The Morgan fingerprint density at radius 3 is 2.46 bits per heavy atom. The molecule has 2 aromatic heterocycles. The van der Waals surface area contributed by atoms with Gasteiger partial charge in [-0.05, 0) is 35.9 Å². The second-order valence-corrected chi connectivity index (χ2v) is 8.43. The number of nitrogens with one attached hydrogen (secondary N) is 1. The van der Waals surface area contributed by atoms with E-state index < -0.39 is 23.9 Å². The van der Waals surface area contributed by atoms with Crippen LogP contribution in [0.2, 0.25) is 0 Å². The van der Waals surface area contributed by atoms with Gasteiger partial charge in [-0.1, -0.05) is 30.3 Å². The molecule has 10 heteroatoms. The second-order valence-electron chi connectivity index (χ2n) is 8.43. The van der Waals surface area contributed by atoms with Gasteiger partial charge >= 0.3 is 5.92 Å². The molecule has 35 heavy (non-hydrogen) atoms. The van der Waals surface area contributed by atoms with Gasteiger partial charge in [-0.3, -0.25) is 9.59 Å². The highest BCUT2D eigenvalue weighted by molar-refractivity contribution is 5.99. The molecule has 1 aliphatic rings. The van der Waals surface area contributed by atoms with Gasteiger partial charge < -0.3 is 10.2 Å². The van der Waals surface area contributed by atoms with Gasteiger partial charge in [0.25, 0.3) is 5.91 Å². The maximum absolute atomic E-state index is 13.6. The first-order chi connectivity index (χ1) is 16.7. The Morgan fingerprint density at radius 1 is 1.06 bits per heavy atom. The minimum absolute atomic E-state index is 0.145. The van der Waals surface area contributed by atoms with Crippen LogP contribution in [0.1, 0.15) is 24.9 Å². The summed E-state index contributed by atoms with van der Waals surface area (Å²) in [5, 5.41) is 7.30. The molecule has 2 atom stereocenters. The molecule has 0 radical (unpaired) electrons. The van der Waals surface area contributed by atoms with E-state index in [9.17, 15) is 22.8 Å². The Bertz CT molecular complexity index is 1400. The average molecular weight is 479 g/mol. The van der Waals surface area contributed by atoms with Crippen LogP contribution in [0.15, 0.2) is 73.1 Å². The standard InChI is InChI=1S/C25H20F3N5O2/c1-25(27,28)24(35)31-20-12-21(34)32(22(20)15-5-3-2-4-6-15)19-11-16-13-30-33(23(16)29-14-19)18-9-7-17(26)8-10-18/h2-11,13-14,20,22H,12H2,1H3,(H,31,35)/t20-,22+/m1/s1. The number of carbonyl (C=O) groups is 2. The number of pyridine rings is 1. The van der Waals surface area contributed by atoms with Gasteiger partial charge in [0.2, 0.25) is 5.91 Å². The Labute approximate surface area is 198 Å². The van der Waals surface area contributed by atoms with Crippen molar-refractivity contribution in [1.82, 2.24) is 20.1 Å². The van der Waals surface area contributed by atoms with E-state index in [4.69, 9.17) is 0 Å². The fraction of sp³-hybridized carbons (Fsp3) is 0.200. The average Bonchev–Trinajstić information content (AvgIpc) is 3.39. The van der Waals surface area contributed by atoms with Crippen LogP contribution in [0, 0.1) is 5.82 Å². The van der Waals surface area contributed by atoms with Crippen molar-refractivity contribution in [3.63, 3.8) is 0 Å². The summed E-state index contributed by atoms with van der Waals surface area (Å²) >= 11 is 0. The highest BCUT2D eigenvalue weighted by Gasteiger charge is 2.45. The zero-order chi connectivity index (χ0) is 24.7. The van der Waals surface area contributed by atoms with E-state index in [1.807, 2.05) is 0 Å². The molecule has 0 spiro atoms. The lowest BCUT2D eigenvalue weighted by atomic mass is 9.99. The maximum Gasteiger partial charge on any atom is 0.321 e. The van der Waals surface area contributed by atoms with Crippen LogP contribution in [0.25, 0.3) is 16.7 Å². The summed E-state index contributed by atoms with van der Waals surface area (Å²) in [5.41, 5.74) is 2.24. The number of benzene rings is 2. The summed E-state index contributed by atoms with van der Waals surface area (Å²) in [6.07, 6.45) is 2.93. The fourth-order valence-corrected chi connectivity index (χ4v) is 4.31. The van der Waals surface area contributed by atoms with Crippen LogP contribution >= 0.6 is 0 Å². The number of alkyl halides is 2. The molecule has 0 saturated carbocycles. The summed E-state index contributed by atoms with van der Waals surface area (Å²) in [5.74, 6) is -5.72. The molecule has 4 aromatic rings. The molecule has 7 nitrogen and oxygen atoms in total. The molecule has 0 aliphatic carbocycles. The molecule has 3 heterocycles. The van der Waals surface area contributed by atoms with Crippen molar-refractivity contribution >= 4 is 28.5 Å². The predicted octanol–water partition coefficient (Wildman–Crippen LogP) is 4.18. The minimum Gasteiger partial charge on any atom is -0.345 e. The smallest absolute Gasteiger partial charge is 0.321 e. The zero-order valence-corrected chi connectivity index (χ0v) is 18.5. The molecule has 1 saturated heterocycles.